The fourth-order valence-corrected chi connectivity index (χ4v) is 3.74. The van der Waals surface area contributed by atoms with Gasteiger partial charge in [0.15, 0.2) is 5.78 Å². The van der Waals surface area contributed by atoms with Crippen molar-refractivity contribution in [3.63, 3.8) is 0 Å². The summed E-state index contributed by atoms with van der Waals surface area (Å²) in [4.78, 5) is 50.0. The van der Waals surface area contributed by atoms with Gasteiger partial charge in [-0.25, -0.2) is 4.98 Å². The van der Waals surface area contributed by atoms with E-state index in [-0.39, 0.29) is 30.4 Å². The van der Waals surface area contributed by atoms with E-state index in [0.717, 1.165) is 29.5 Å². The number of nitrogens with zero attached hydrogens (tertiary/aromatic N) is 3. The van der Waals surface area contributed by atoms with Crippen molar-refractivity contribution in [3.05, 3.63) is 77.8 Å². The number of carbonyl (C=O) groups is 3. The lowest BCUT2D eigenvalue weighted by Gasteiger charge is -2.16. The number of ketones is 1. The van der Waals surface area contributed by atoms with E-state index in [1.54, 1.807) is 18.5 Å². The quantitative estimate of drug-likeness (QED) is 0.221. The first-order valence-corrected chi connectivity index (χ1v) is 12.9. The third kappa shape index (κ3) is 8.74. The molecule has 3 aromatic rings. The van der Waals surface area contributed by atoms with Gasteiger partial charge < -0.3 is 21.3 Å². The number of rotatable bonds is 14. The second-order valence-corrected chi connectivity index (χ2v) is 9.07. The zero-order valence-electron chi connectivity index (χ0n) is 22.6. The number of carbonyl (C=O) groups excluding carboxylic acids is 3. The maximum Gasteiger partial charge on any atom is 0.261 e. The summed E-state index contributed by atoms with van der Waals surface area (Å²) in [6.07, 6.45) is 7.99. The fourth-order valence-electron chi connectivity index (χ4n) is 3.74. The maximum absolute atomic E-state index is 13.3. The van der Waals surface area contributed by atoms with Crippen molar-refractivity contribution in [1.29, 1.82) is 0 Å². The fraction of sp³-hybridized carbons (Fsp3) is 0.310. The van der Waals surface area contributed by atoms with Gasteiger partial charge in [-0.05, 0) is 67.7 Å². The van der Waals surface area contributed by atoms with E-state index in [2.05, 4.69) is 42.8 Å². The van der Waals surface area contributed by atoms with Gasteiger partial charge in [-0.2, -0.15) is 4.98 Å². The van der Waals surface area contributed by atoms with Crippen molar-refractivity contribution in [2.45, 2.75) is 46.5 Å². The molecule has 0 fully saturated rings. The van der Waals surface area contributed by atoms with E-state index in [9.17, 15) is 14.4 Å². The zero-order valence-corrected chi connectivity index (χ0v) is 22.6. The number of hydrogen-bond donors (Lipinski definition) is 4. The van der Waals surface area contributed by atoms with E-state index < -0.39 is 0 Å². The highest BCUT2D eigenvalue weighted by Crippen LogP contribution is 2.26. The molecule has 0 aliphatic carbocycles. The number of benzene rings is 1. The van der Waals surface area contributed by atoms with Crippen molar-refractivity contribution < 1.29 is 14.4 Å². The van der Waals surface area contributed by atoms with E-state index >= 15 is 0 Å². The average Bonchev–Trinajstić information content (AvgIpc) is 2.93. The molecule has 4 N–H and O–H groups in total. The Morgan fingerprint density at radius 3 is 2.36 bits per heavy atom. The Morgan fingerprint density at radius 1 is 0.949 bits per heavy atom. The summed E-state index contributed by atoms with van der Waals surface area (Å²) in [5.74, 6) is -0.00588. The molecule has 204 valence electrons. The van der Waals surface area contributed by atoms with E-state index in [4.69, 9.17) is 0 Å². The monoisotopic (exact) mass is 529 g/mol. The normalized spacial score (nSPS) is 10.4. The Bertz CT molecular complexity index is 1330. The first-order valence-electron chi connectivity index (χ1n) is 12.9. The largest absolute Gasteiger partial charge is 0.369 e. The van der Waals surface area contributed by atoms with Gasteiger partial charge in [0.1, 0.15) is 11.4 Å². The van der Waals surface area contributed by atoms with Crippen LogP contribution in [0.1, 0.15) is 53.2 Å². The SMILES string of the molecule is C=CC(=O)CCC(=O)Nc1cc(NC(=O)c2cnc(NCCc3ccncc3)nc2NCCC)c(C)cc1C. The molecule has 2 amide bonds. The number of aromatic nitrogens is 3. The van der Waals surface area contributed by atoms with Crippen LogP contribution in [0.5, 0.6) is 0 Å². The van der Waals surface area contributed by atoms with Crippen LogP contribution < -0.4 is 21.3 Å². The highest BCUT2D eigenvalue weighted by molar-refractivity contribution is 6.08. The van der Waals surface area contributed by atoms with Crippen molar-refractivity contribution >= 4 is 40.7 Å². The first-order chi connectivity index (χ1) is 18.8. The molecular weight excluding hydrogens is 494 g/mol. The van der Waals surface area contributed by atoms with Gasteiger partial charge in [0, 0.05) is 55.9 Å². The molecule has 0 spiro atoms. The number of aryl methyl sites for hydroxylation is 2. The Balaban J connectivity index is 1.73. The number of amides is 2. The van der Waals surface area contributed by atoms with Crippen molar-refractivity contribution in [1.82, 2.24) is 15.0 Å². The molecule has 0 aliphatic rings. The Hall–Kier alpha value is -4.60. The zero-order chi connectivity index (χ0) is 28.2. The molecule has 0 aliphatic heterocycles. The number of hydrogen-bond acceptors (Lipinski definition) is 8. The van der Waals surface area contributed by atoms with Gasteiger partial charge in [-0.15, -0.1) is 0 Å². The highest BCUT2D eigenvalue weighted by Gasteiger charge is 2.17. The molecule has 0 atom stereocenters. The van der Waals surface area contributed by atoms with Crippen LogP contribution in [0.3, 0.4) is 0 Å². The van der Waals surface area contributed by atoms with Gasteiger partial charge in [0.05, 0.1) is 0 Å². The number of pyridine rings is 1. The predicted octanol–water partition coefficient (Wildman–Crippen LogP) is 4.69. The van der Waals surface area contributed by atoms with E-state index in [0.29, 0.717) is 41.8 Å². The molecule has 39 heavy (non-hydrogen) atoms. The summed E-state index contributed by atoms with van der Waals surface area (Å²) in [7, 11) is 0. The van der Waals surface area contributed by atoms with Crippen LogP contribution in [0.4, 0.5) is 23.1 Å². The van der Waals surface area contributed by atoms with Crippen LogP contribution in [-0.2, 0) is 16.0 Å². The smallest absolute Gasteiger partial charge is 0.261 e. The third-order valence-corrected chi connectivity index (χ3v) is 5.94. The molecule has 0 bridgehead atoms. The van der Waals surface area contributed by atoms with Gasteiger partial charge in [0.25, 0.3) is 5.91 Å². The minimum atomic E-state index is -0.377. The summed E-state index contributed by atoms with van der Waals surface area (Å²) in [6, 6.07) is 7.50. The van der Waals surface area contributed by atoms with Crippen LogP contribution in [0.25, 0.3) is 0 Å². The maximum atomic E-state index is 13.3. The van der Waals surface area contributed by atoms with Crippen LogP contribution >= 0.6 is 0 Å². The van der Waals surface area contributed by atoms with Crippen molar-refractivity contribution in [3.8, 4) is 0 Å². The third-order valence-electron chi connectivity index (χ3n) is 5.94. The van der Waals surface area contributed by atoms with Crippen LogP contribution in [0.15, 0.2) is 55.5 Å². The van der Waals surface area contributed by atoms with E-state index in [1.807, 2.05) is 39.0 Å². The Kier molecular flexibility index (Phi) is 10.7. The van der Waals surface area contributed by atoms with Crippen molar-refractivity contribution in [2.24, 2.45) is 0 Å². The molecule has 2 aromatic heterocycles. The molecule has 3 rings (SSSR count). The van der Waals surface area contributed by atoms with Gasteiger partial charge >= 0.3 is 0 Å². The standard InChI is InChI=1S/C29H35N7O3/c1-5-12-31-27-23(18-33-29(36-27)32-15-11-21-9-13-30-14-10-21)28(39)35-25-17-24(19(3)16-20(25)4)34-26(38)8-7-22(37)6-2/h6,9-10,13-14,16-18H,2,5,7-8,11-12,15H2,1,3-4H3,(H,34,38)(H,35,39)(H2,31,32,33,36). The number of anilines is 4. The summed E-state index contributed by atoms with van der Waals surface area (Å²) in [5, 5.41) is 12.2. The summed E-state index contributed by atoms with van der Waals surface area (Å²) < 4.78 is 0. The van der Waals surface area contributed by atoms with Gasteiger partial charge in [-0.3, -0.25) is 19.4 Å². The summed E-state index contributed by atoms with van der Waals surface area (Å²) in [6.45, 7) is 10.5. The lowest BCUT2D eigenvalue weighted by atomic mass is 10.1. The molecule has 10 nitrogen and oxygen atoms in total. The summed E-state index contributed by atoms with van der Waals surface area (Å²) >= 11 is 0. The lowest BCUT2D eigenvalue weighted by molar-refractivity contribution is -0.120. The minimum absolute atomic E-state index is 0.0482. The Morgan fingerprint density at radius 2 is 1.67 bits per heavy atom. The second kappa shape index (κ2) is 14.4. The van der Waals surface area contributed by atoms with Crippen LogP contribution in [0, 0.1) is 13.8 Å². The molecule has 0 saturated heterocycles. The molecule has 10 heteroatoms. The minimum Gasteiger partial charge on any atom is -0.369 e. The topological polar surface area (TPSA) is 138 Å². The summed E-state index contributed by atoms with van der Waals surface area (Å²) in [5.41, 5.74) is 4.22. The highest BCUT2D eigenvalue weighted by atomic mass is 16.2. The van der Waals surface area contributed by atoms with Gasteiger partial charge in [0.2, 0.25) is 11.9 Å². The number of allylic oxidation sites excluding steroid dienone is 1. The number of nitrogens with one attached hydrogen (secondary N) is 4. The average molecular weight is 530 g/mol. The second-order valence-electron chi connectivity index (χ2n) is 9.07. The van der Waals surface area contributed by atoms with Crippen LogP contribution in [-0.4, -0.2) is 45.6 Å². The molecule has 1 aromatic carbocycles. The molecule has 0 unspecified atom stereocenters. The van der Waals surface area contributed by atoms with Gasteiger partial charge in [-0.1, -0.05) is 19.6 Å². The molecule has 0 saturated carbocycles. The predicted molar refractivity (Wildman–Crippen MR) is 154 cm³/mol. The van der Waals surface area contributed by atoms with Crippen LogP contribution in [0.2, 0.25) is 0 Å². The van der Waals surface area contributed by atoms with Crippen molar-refractivity contribution in [2.75, 3.05) is 34.4 Å². The molecular formula is C29H35N7O3. The lowest BCUT2D eigenvalue weighted by Crippen LogP contribution is -2.19. The first kappa shape index (κ1) is 29.0. The molecule has 0 radical (unpaired) electrons. The molecule has 2 heterocycles. The van der Waals surface area contributed by atoms with E-state index in [1.165, 1.54) is 12.3 Å². The Labute approximate surface area is 228 Å².